The number of carbonyl (C=O) groups is 1. The van der Waals surface area contributed by atoms with Gasteiger partial charge in [-0.1, -0.05) is 36.8 Å². The lowest BCUT2D eigenvalue weighted by Gasteiger charge is -2.20. The van der Waals surface area contributed by atoms with Crippen LogP contribution in [0.25, 0.3) is 0 Å². The monoisotopic (exact) mass is 290 g/mol. The number of rotatable bonds is 7. The van der Waals surface area contributed by atoms with Crippen molar-refractivity contribution in [2.24, 2.45) is 11.8 Å². The first-order valence-electron chi connectivity index (χ1n) is 7.82. The molecule has 4 nitrogen and oxygen atoms in total. The lowest BCUT2D eigenvalue weighted by Crippen LogP contribution is -2.40. The number of aryl methyl sites for hydroxylation is 1. The average molecular weight is 290 g/mol. The van der Waals surface area contributed by atoms with E-state index in [1.165, 1.54) is 24.0 Å². The maximum absolute atomic E-state index is 12.0. The van der Waals surface area contributed by atoms with E-state index in [1.807, 2.05) is 6.92 Å². The molecular weight excluding hydrogens is 264 g/mol. The molecule has 2 rings (SSSR count). The van der Waals surface area contributed by atoms with Crippen LogP contribution >= 0.6 is 0 Å². The molecule has 21 heavy (non-hydrogen) atoms. The molecule has 0 spiro atoms. The van der Waals surface area contributed by atoms with Gasteiger partial charge in [0, 0.05) is 13.2 Å². The van der Waals surface area contributed by atoms with Crippen molar-refractivity contribution in [3.8, 4) is 0 Å². The summed E-state index contributed by atoms with van der Waals surface area (Å²) in [5.41, 5.74) is 2.41. The van der Waals surface area contributed by atoms with Gasteiger partial charge in [-0.2, -0.15) is 0 Å². The molecule has 116 valence electrons. The Hall–Kier alpha value is -1.55. The Balaban J connectivity index is 1.88. The van der Waals surface area contributed by atoms with E-state index in [-0.39, 0.29) is 18.7 Å². The summed E-state index contributed by atoms with van der Waals surface area (Å²) < 4.78 is 0. The van der Waals surface area contributed by atoms with Gasteiger partial charge in [-0.05, 0) is 43.6 Å². The molecule has 0 saturated heterocycles. The van der Waals surface area contributed by atoms with Crippen molar-refractivity contribution in [2.45, 2.75) is 39.2 Å². The second-order valence-electron chi connectivity index (χ2n) is 6.20. The number of hydrogen-bond acceptors (Lipinski definition) is 2. The third kappa shape index (κ3) is 5.05. The van der Waals surface area contributed by atoms with Crippen molar-refractivity contribution in [1.29, 1.82) is 0 Å². The van der Waals surface area contributed by atoms with Crippen molar-refractivity contribution >= 4 is 6.03 Å². The fourth-order valence-electron chi connectivity index (χ4n) is 2.46. The smallest absolute Gasteiger partial charge is 0.315 e. The molecule has 3 N–H and O–H groups in total. The van der Waals surface area contributed by atoms with E-state index in [0.717, 1.165) is 0 Å². The third-order valence-corrected chi connectivity index (χ3v) is 4.05. The highest BCUT2D eigenvalue weighted by molar-refractivity contribution is 5.74. The molecule has 0 aromatic heterocycles. The van der Waals surface area contributed by atoms with Crippen LogP contribution in [0.2, 0.25) is 0 Å². The topological polar surface area (TPSA) is 61.4 Å². The summed E-state index contributed by atoms with van der Waals surface area (Å²) >= 11 is 0. The Morgan fingerprint density at radius 2 is 2.00 bits per heavy atom. The first-order chi connectivity index (χ1) is 10.1. The molecular formula is C17H26N2O2. The van der Waals surface area contributed by atoms with Crippen LogP contribution in [0.3, 0.4) is 0 Å². The SMILES string of the molecule is Cc1ccc(C(NC(=O)NCC(C)CCO)C2CC2)cc1. The van der Waals surface area contributed by atoms with Gasteiger partial charge in [-0.25, -0.2) is 4.79 Å². The van der Waals surface area contributed by atoms with E-state index in [1.54, 1.807) is 0 Å². The van der Waals surface area contributed by atoms with E-state index < -0.39 is 0 Å². The lowest BCUT2D eigenvalue weighted by atomic mass is 10.0. The van der Waals surface area contributed by atoms with E-state index in [4.69, 9.17) is 5.11 Å². The molecule has 2 atom stereocenters. The van der Waals surface area contributed by atoms with Gasteiger partial charge in [0.1, 0.15) is 0 Å². The summed E-state index contributed by atoms with van der Waals surface area (Å²) in [6.07, 6.45) is 3.07. The fourth-order valence-corrected chi connectivity index (χ4v) is 2.46. The van der Waals surface area contributed by atoms with Gasteiger partial charge in [0.15, 0.2) is 0 Å². The number of nitrogens with one attached hydrogen (secondary N) is 2. The van der Waals surface area contributed by atoms with Crippen LogP contribution in [0.15, 0.2) is 24.3 Å². The predicted molar refractivity (Wildman–Crippen MR) is 84.0 cm³/mol. The number of aliphatic hydroxyl groups is 1. The maximum atomic E-state index is 12.0. The summed E-state index contributed by atoms with van der Waals surface area (Å²) in [6.45, 7) is 4.85. The Morgan fingerprint density at radius 1 is 1.33 bits per heavy atom. The Bertz CT molecular complexity index is 454. The fraction of sp³-hybridized carbons (Fsp3) is 0.588. The van der Waals surface area contributed by atoms with Crippen LogP contribution in [0.4, 0.5) is 4.79 Å². The van der Waals surface area contributed by atoms with Crippen molar-refractivity contribution in [2.75, 3.05) is 13.2 Å². The van der Waals surface area contributed by atoms with E-state index >= 15 is 0 Å². The van der Waals surface area contributed by atoms with Gasteiger partial charge < -0.3 is 15.7 Å². The minimum Gasteiger partial charge on any atom is -0.396 e. The van der Waals surface area contributed by atoms with Gasteiger partial charge in [-0.15, -0.1) is 0 Å². The van der Waals surface area contributed by atoms with Crippen LogP contribution in [0.5, 0.6) is 0 Å². The number of benzene rings is 1. The normalized spacial score (nSPS) is 17.1. The van der Waals surface area contributed by atoms with Gasteiger partial charge in [0.2, 0.25) is 0 Å². The van der Waals surface area contributed by atoms with Crippen LogP contribution in [0, 0.1) is 18.8 Å². The molecule has 1 aliphatic carbocycles. The first kappa shape index (κ1) is 15.8. The maximum Gasteiger partial charge on any atom is 0.315 e. The third-order valence-electron chi connectivity index (χ3n) is 4.05. The van der Waals surface area contributed by atoms with Gasteiger partial charge in [-0.3, -0.25) is 0 Å². The van der Waals surface area contributed by atoms with Crippen LogP contribution in [-0.2, 0) is 0 Å². The molecule has 0 heterocycles. The Kier molecular flexibility index (Phi) is 5.62. The lowest BCUT2D eigenvalue weighted by molar-refractivity contribution is 0.229. The Labute approximate surface area is 126 Å². The molecule has 0 bridgehead atoms. The molecule has 0 aliphatic heterocycles. The predicted octanol–water partition coefficient (Wildman–Crippen LogP) is 2.76. The van der Waals surface area contributed by atoms with Crippen molar-refractivity contribution < 1.29 is 9.90 Å². The zero-order valence-electron chi connectivity index (χ0n) is 12.9. The number of carbonyl (C=O) groups excluding carboxylic acids is 1. The molecule has 1 aromatic carbocycles. The summed E-state index contributed by atoms with van der Waals surface area (Å²) in [7, 11) is 0. The van der Waals surface area contributed by atoms with Crippen molar-refractivity contribution in [1.82, 2.24) is 10.6 Å². The van der Waals surface area contributed by atoms with E-state index in [2.05, 4.69) is 41.8 Å². The van der Waals surface area contributed by atoms with Crippen molar-refractivity contribution in [3.63, 3.8) is 0 Å². The van der Waals surface area contributed by atoms with Gasteiger partial charge in [0.05, 0.1) is 6.04 Å². The summed E-state index contributed by atoms with van der Waals surface area (Å²) in [6, 6.07) is 8.39. The zero-order valence-corrected chi connectivity index (χ0v) is 12.9. The number of urea groups is 1. The molecule has 1 saturated carbocycles. The standard InChI is InChI=1S/C17H26N2O2/c1-12-3-5-14(6-4-12)16(15-7-8-15)19-17(21)18-11-13(2)9-10-20/h3-6,13,15-16,20H,7-11H2,1-2H3,(H2,18,19,21). The number of aliphatic hydroxyl groups excluding tert-OH is 1. The van der Waals surface area contributed by atoms with Gasteiger partial charge in [0.25, 0.3) is 0 Å². The quantitative estimate of drug-likeness (QED) is 0.723. The number of amides is 2. The molecule has 1 fully saturated rings. The molecule has 2 amide bonds. The molecule has 2 unspecified atom stereocenters. The largest absolute Gasteiger partial charge is 0.396 e. The second-order valence-corrected chi connectivity index (χ2v) is 6.20. The van der Waals surface area contributed by atoms with Crippen LogP contribution in [0.1, 0.15) is 43.4 Å². The highest BCUT2D eigenvalue weighted by atomic mass is 16.3. The minimum absolute atomic E-state index is 0.110. The summed E-state index contributed by atoms with van der Waals surface area (Å²) in [5.74, 6) is 0.854. The number of hydrogen-bond donors (Lipinski definition) is 3. The highest BCUT2D eigenvalue weighted by Gasteiger charge is 2.33. The van der Waals surface area contributed by atoms with E-state index in [0.29, 0.717) is 24.8 Å². The first-order valence-corrected chi connectivity index (χ1v) is 7.82. The zero-order chi connectivity index (χ0) is 15.2. The van der Waals surface area contributed by atoms with Crippen molar-refractivity contribution in [3.05, 3.63) is 35.4 Å². The van der Waals surface area contributed by atoms with Gasteiger partial charge >= 0.3 is 6.03 Å². The Morgan fingerprint density at radius 3 is 2.57 bits per heavy atom. The van der Waals surface area contributed by atoms with Crippen LogP contribution in [-0.4, -0.2) is 24.3 Å². The minimum atomic E-state index is -0.114. The average Bonchev–Trinajstić information content (AvgIpc) is 3.29. The van der Waals surface area contributed by atoms with Crippen LogP contribution < -0.4 is 10.6 Å². The second kappa shape index (κ2) is 7.46. The summed E-state index contributed by atoms with van der Waals surface area (Å²) in [4.78, 5) is 12.0. The molecule has 1 aliphatic rings. The molecule has 0 radical (unpaired) electrons. The molecule has 4 heteroatoms. The highest BCUT2D eigenvalue weighted by Crippen LogP contribution is 2.40. The molecule has 1 aromatic rings. The van der Waals surface area contributed by atoms with E-state index in [9.17, 15) is 4.79 Å². The summed E-state index contributed by atoms with van der Waals surface area (Å²) in [5, 5.41) is 14.9.